The summed E-state index contributed by atoms with van der Waals surface area (Å²) in [4.78, 5) is 18.9. The Balaban J connectivity index is 0.000000159. The van der Waals surface area contributed by atoms with Crippen molar-refractivity contribution in [2.75, 3.05) is 14.7 Å². The zero-order valence-electron chi connectivity index (χ0n) is 59.1. The molecule has 13 heteroatoms. The SMILES string of the molecule is Brc1ccc(C2(c3ccc(Br)cc3)c3ccccc3N(c3ccccc3)c3ccccc32)cc1.Brc1ccccc1N(c1ccccc1)c1ccccc1.O=C(c1ccc(Br)cc1)c1ccc(Br)cc1.OC(c1ccc(Br)cc1)(c1ccc(Br)cc1)c1ccccc1N(c1ccccc1)c1ccccc1.[H-].[H-].[Mg+2]. The molecule has 0 saturated heterocycles. The van der Waals surface area contributed by atoms with Crippen LogP contribution in [0.4, 0.5) is 51.2 Å². The molecule has 0 aromatic heterocycles. The summed E-state index contributed by atoms with van der Waals surface area (Å²) < 4.78 is 7.09. The van der Waals surface area contributed by atoms with Crippen molar-refractivity contribution in [3.05, 3.63) is 476 Å². The summed E-state index contributed by atoms with van der Waals surface area (Å²) in [5, 5.41) is 12.7. The van der Waals surface area contributed by atoms with Gasteiger partial charge in [0.1, 0.15) is 5.60 Å². The van der Waals surface area contributed by atoms with Gasteiger partial charge in [0, 0.05) is 76.4 Å². The predicted octanol–water partition coefficient (Wildman–Crippen LogP) is 28.5. The van der Waals surface area contributed by atoms with Crippen LogP contribution >= 0.6 is 112 Å². The molecule has 0 bridgehead atoms. The number of ketones is 1. The minimum Gasteiger partial charge on any atom is -1.00 e. The van der Waals surface area contributed by atoms with Gasteiger partial charge in [-0.15, -0.1) is 0 Å². The molecular weight excluding hydrogens is 1770 g/mol. The van der Waals surface area contributed by atoms with Crippen molar-refractivity contribution in [1.29, 1.82) is 0 Å². The number of halogens is 7. The maximum absolute atomic E-state index is 12.7. The maximum atomic E-state index is 12.7. The number of para-hydroxylation sites is 9. The first kappa shape index (κ1) is 77.1. The van der Waals surface area contributed by atoms with Gasteiger partial charge in [-0.3, -0.25) is 4.79 Å². The Morgan fingerprint density at radius 3 is 0.962 bits per heavy atom. The largest absolute Gasteiger partial charge is 2.00 e. The molecule has 1 aliphatic heterocycles. The van der Waals surface area contributed by atoms with E-state index in [4.69, 9.17) is 0 Å². The van der Waals surface area contributed by atoms with Crippen LogP contribution < -0.4 is 14.7 Å². The fourth-order valence-corrected chi connectivity index (χ4v) is 15.3. The van der Waals surface area contributed by atoms with Crippen LogP contribution in [0.15, 0.2) is 426 Å². The van der Waals surface area contributed by atoms with E-state index in [-0.39, 0.29) is 31.7 Å². The molecule has 0 spiro atoms. The molecular formula is C93H68Br7MgN3O2. The monoisotopic (exact) mass is 1830 g/mol. The van der Waals surface area contributed by atoms with Crippen molar-refractivity contribution < 1.29 is 12.8 Å². The smallest absolute Gasteiger partial charge is 1.00 e. The second-order valence-electron chi connectivity index (χ2n) is 24.5. The van der Waals surface area contributed by atoms with Gasteiger partial charge >= 0.3 is 23.1 Å². The van der Waals surface area contributed by atoms with Crippen molar-refractivity contribution in [2.24, 2.45) is 0 Å². The molecule has 106 heavy (non-hydrogen) atoms. The van der Waals surface area contributed by atoms with Gasteiger partial charge in [-0.2, -0.15) is 0 Å². The van der Waals surface area contributed by atoms with Gasteiger partial charge in [-0.05, 0) is 237 Å². The molecule has 0 fully saturated rings. The molecule has 0 unspecified atom stereocenters. The molecule has 15 aromatic carbocycles. The second-order valence-corrected chi connectivity index (χ2v) is 30.9. The standard InChI is InChI=1S/C31H23Br2NO.C31H21Br2N.C18H14BrN.C13H8Br2O.Mg.2H/c32-25-19-15-23(16-20-25)31(35,24-17-21-26(33)22-18-24)29-13-7-8-14-30(29)34(27-9-3-1-4-10-27)28-11-5-2-6-12-28;32-24-18-14-22(15-19-24)31(23-16-20-25(33)21-17-23)27-10-4-6-12-29(27)34(26-8-2-1-3-9-26)30-13-7-5-11-28(30)31;19-17-13-7-8-14-18(17)20(15-9-3-1-4-10-15)16-11-5-2-6-12-16;14-11-5-1-9(2-6-11)13(16)10-3-7-12(15)8-4-10;;;/h1-22,35H;1-21H;1-14H;1-8H;;;/q;;;;+2;2*-1. The molecule has 15 aromatic rings. The predicted molar refractivity (Wildman–Crippen MR) is 468 cm³/mol. The van der Waals surface area contributed by atoms with E-state index in [1.165, 1.54) is 33.6 Å². The number of rotatable bonds is 14. The number of fused-ring (bicyclic) bond motifs is 2. The quantitative estimate of drug-likeness (QED) is 0.0668. The molecule has 1 heterocycles. The van der Waals surface area contributed by atoms with E-state index in [1.54, 1.807) is 0 Å². The fraction of sp³-hybridized carbons (Fsp3) is 0.0215. The van der Waals surface area contributed by atoms with Crippen molar-refractivity contribution in [1.82, 2.24) is 0 Å². The summed E-state index contributed by atoms with van der Waals surface area (Å²) in [6.45, 7) is 0. The van der Waals surface area contributed by atoms with Gasteiger partial charge in [0.05, 0.1) is 28.2 Å². The number of nitrogens with zero attached hydrogens (tertiary/aromatic N) is 3. The Hall–Kier alpha value is -8.54. The van der Waals surface area contributed by atoms with Crippen LogP contribution in [0.3, 0.4) is 0 Å². The molecule has 5 nitrogen and oxygen atoms in total. The summed E-state index contributed by atoms with van der Waals surface area (Å²) in [7, 11) is 0. The van der Waals surface area contributed by atoms with Crippen LogP contribution in [-0.2, 0) is 11.0 Å². The Morgan fingerprint density at radius 2 is 0.594 bits per heavy atom. The molecule has 1 N–H and O–H groups in total. The molecule has 0 atom stereocenters. The summed E-state index contributed by atoms with van der Waals surface area (Å²) in [6, 6.07) is 134. The average molecular weight is 1840 g/mol. The summed E-state index contributed by atoms with van der Waals surface area (Å²) >= 11 is 24.7. The minimum atomic E-state index is -1.39. The molecule has 0 saturated carbocycles. The van der Waals surface area contributed by atoms with Gasteiger partial charge in [-0.25, -0.2) is 0 Å². The van der Waals surface area contributed by atoms with Crippen LogP contribution in [0.25, 0.3) is 0 Å². The Morgan fingerprint density at radius 1 is 0.311 bits per heavy atom. The third-order valence-electron chi connectivity index (χ3n) is 18.1. The first-order valence-corrected chi connectivity index (χ1v) is 39.4. The maximum Gasteiger partial charge on any atom is 2.00 e. The number of anilines is 9. The zero-order chi connectivity index (χ0) is 72.7. The van der Waals surface area contributed by atoms with E-state index in [2.05, 4.69) is 351 Å². The van der Waals surface area contributed by atoms with E-state index >= 15 is 0 Å². The molecule has 1 aliphatic rings. The molecule has 518 valence electrons. The molecule has 0 radical (unpaired) electrons. The molecule has 0 amide bonds. The number of hydrogen-bond donors (Lipinski definition) is 1. The Bertz CT molecular complexity index is 5090. The first-order chi connectivity index (χ1) is 51.3. The number of carbonyl (C=O) groups excluding carboxylic acids is 1. The van der Waals surface area contributed by atoms with Gasteiger partial charge in [0.25, 0.3) is 0 Å². The third-order valence-corrected chi connectivity index (χ3v) is 21.9. The number of aliphatic hydroxyl groups is 1. The summed E-state index contributed by atoms with van der Waals surface area (Å²) in [6.07, 6.45) is 0. The first-order valence-electron chi connectivity index (χ1n) is 33.8. The Kier molecular flexibility index (Phi) is 26.4. The molecule has 16 rings (SSSR count). The third kappa shape index (κ3) is 17.4. The van der Waals surface area contributed by atoms with Gasteiger partial charge < -0.3 is 22.7 Å². The normalized spacial score (nSPS) is 11.6. The van der Waals surface area contributed by atoms with Crippen LogP contribution in [0, 0.1) is 0 Å². The van der Waals surface area contributed by atoms with Crippen LogP contribution in [0.5, 0.6) is 0 Å². The summed E-state index contributed by atoms with van der Waals surface area (Å²) in [5.41, 5.74) is 16.8. The average Bonchev–Trinajstić information content (AvgIpc) is 0.695. The van der Waals surface area contributed by atoms with Crippen LogP contribution in [-0.4, -0.2) is 33.9 Å². The van der Waals surface area contributed by atoms with E-state index < -0.39 is 11.0 Å². The van der Waals surface area contributed by atoms with E-state index in [9.17, 15) is 9.90 Å². The van der Waals surface area contributed by atoms with E-state index in [1.807, 2.05) is 170 Å². The van der Waals surface area contributed by atoms with E-state index in [0.717, 1.165) is 87.8 Å². The number of carbonyl (C=O) groups is 1. The minimum absolute atomic E-state index is 0. The number of hydrogen-bond acceptors (Lipinski definition) is 5. The zero-order valence-corrected chi connectivity index (χ0v) is 69.6. The van der Waals surface area contributed by atoms with E-state index in [0.29, 0.717) is 11.1 Å². The number of benzene rings is 15. The summed E-state index contributed by atoms with van der Waals surface area (Å²) in [5.74, 6) is 0.0417. The van der Waals surface area contributed by atoms with Crippen LogP contribution in [0.1, 0.15) is 57.7 Å². The van der Waals surface area contributed by atoms with Gasteiger partial charge in [-0.1, -0.05) is 302 Å². The van der Waals surface area contributed by atoms with Gasteiger partial charge in [0.2, 0.25) is 0 Å². The van der Waals surface area contributed by atoms with Crippen molar-refractivity contribution in [3.63, 3.8) is 0 Å². The van der Waals surface area contributed by atoms with Crippen LogP contribution in [0.2, 0.25) is 0 Å². The topological polar surface area (TPSA) is 47.0 Å². The second kappa shape index (κ2) is 36.4. The molecule has 0 aliphatic carbocycles. The Labute approximate surface area is 698 Å². The fourth-order valence-electron chi connectivity index (χ4n) is 13.3. The van der Waals surface area contributed by atoms with Crippen molar-refractivity contribution in [2.45, 2.75) is 11.0 Å². The van der Waals surface area contributed by atoms with Crippen molar-refractivity contribution >= 4 is 192 Å². The van der Waals surface area contributed by atoms with Crippen molar-refractivity contribution in [3.8, 4) is 0 Å². The van der Waals surface area contributed by atoms with Gasteiger partial charge in [0.15, 0.2) is 5.78 Å².